The maximum atomic E-state index is 13.4. The molecule has 0 aliphatic carbocycles. The Labute approximate surface area is 239 Å². The van der Waals surface area contributed by atoms with Crippen molar-refractivity contribution in [3.63, 3.8) is 0 Å². The molecular weight excluding hydrogens is 530 g/mol. The van der Waals surface area contributed by atoms with Gasteiger partial charge in [-0.05, 0) is 49.1 Å². The normalized spacial score (nSPS) is 17.5. The molecule has 0 unspecified atom stereocenters. The van der Waals surface area contributed by atoms with Crippen molar-refractivity contribution in [1.82, 2.24) is 25.7 Å². The first-order chi connectivity index (χ1) is 19.1. The Bertz CT molecular complexity index is 1340. The van der Waals surface area contributed by atoms with E-state index in [-0.39, 0.29) is 42.0 Å². The highest BCUT2D eigenvalue weighted by atomic mass is 35.5. The number of rotatable bonds is 3. The molecule has 0 radical (unpaired) electrons. The second-order valence-electron chi connectivity index (χ2n) is 11.0. The fraction of sp³-hybridized carbons (Fsp3) is 0.400. The van der Waals surface area contributed by atoms with E-state index in [0.717, 1.165) is 11.3 Å². The lowest BCUT2D eigenvalue weighted by atomic mass is 9.92. The second kappa shape index (κ2) is 13.0. The van der Waals surface area contributed by atoms with Crippen LogP contribution in [0.25, 0.3) is 0 Å². The molecule has 9 nitrogen and oxygen atoms in total. The van der Waals surface area contributed by atoms with E-state index in [9.17, 15) is 14.4 Å². The van der Waals surface area contributed by atoms with E-state index >= 15 is 0 Å². The Kier molecular flexibility index (Phi) is 9.47. The highest BCUT2D eigenvalue weighted by Crippen LogP contribution is 2.24. The van der Waals surface area contributed by atoms with Crippen molar-refractivity contribution >= 4 is 29.3 Å². The van der Waals surface area contributed by atoms with Gasteiger partial charge in [-0.2, -0.15) is 5.10 Å². The van der Waals surface area contributed by atoms with Gasteiger partial charge in [-0.25, -0.2) is 0 Å². The number of H-pyrrole nitrogens is 1. The summed E-state index contributed by atoms with van der Waals surface area (Å²) in [5.41, 5.74) is 2.24. The van der Waals surface area contributed by atoms with Gasteiger partial charge in [0.05, 0.1) is 18.2 Å². The third-order valence-corrected chi connectivity index (χ3v) is 6.92. The molecule has 1 aliphatic heterocycles. The number of hydrogen-bond acceptors (Lipinski definition) is 5. The van der Waals surface area contributed by atoms with Crippen molar-refractivity contribution in [2.24, 2.45) is 0 Å². The predicted octanol–water partition coefficient (Wildman–Crippen LogP) is 4.13. The van der Waals surface area contributed by atoms with Crippen LogP contribution in [0.3, 0.4) is 0 Å². The molecule has 0 saturated carbocycles. The predicted molar refractivity (Wildman–Crippen MR) is 154 cm³/mol. The van der Waals surface area contributed by atoms with Crippen molar-refractivity contribution in [3.8, 4) is 5.75 Å². The summed E-state index contributed by atoms with van der Waals surface area (Å²) in [5, 5.41) is 13.5. The maximum Gasteiger partial charge on any atom is 0.274 e. The van der Waals surface area contributed by atoms with E-state index in [1.807, 2.05) is 51.1 Å². The fourth-order valence-corrected chi connectivity index (χ4v) is 4.62. The molecule has 212 valence electrons. The fourth-order valence-electron chi connectivity index (χ4n) is 4.45. The molecule has 40 heavy (non-hydrogen) atoms. The standard InChI is InChI=1S/C30H36ClN5O4/c1-30(2,3)26-17-24(34-35-26)29(39)36-14-8-7-13-32-28(38)23-16-21(31)11-12-25(23)40-19-22(33-27(37)18-36)15-20-9-5-4-6-10-20/h4-6,9-12,16-17,22H,7-8,13-15,18-19H2,1-3H3,(H,32,38)(H,33,37)(H,34,35)/t22-/m0/s1. The molecule has 10 heteroatoms. The molecule has 2 aromatic carbocycles. The number of hydrogen-bond donors (Lipinski definition) is 3. The van der Waals surface area contributed by atoms with Crippen LogP contribution in [0.1, 0.15) is 65.7 Å². The second-order valence-corrected chi connectivity index (χ2v) is 11.4. The van der Waals surface area contributed by atoms with Crippen molar-refractivity contribution in [1.29, 1.82) is 0 Å². The van der Waals surface area contributed by atoms with Crippen molar-refractivity contribution in [2.45, 2.75) is 51.5 Å². The van der Waals surface area contributed by atoms with E-state index in [0.29, 0.717) is 48.7 Å². The van der Waals surface area contributed by atoms with Gasteiger partial charge in [0, 0.05) is 29.2 Å². The Morgan fingerprint density at radius 3 is 2.60 bits per heavy atom. The van der Waals surface area contributed by atoms with Gasteiger partial charge in [0.15, 0.2) is 0 Å². The topological polar surface area (TPSA) is 116 Å². The van der Waals surface area contributed by atoms with E-state index in [2.05, 4.69) is 20.8 Å². The Morgan fingerprint density at radius 2 is 1.88 bits per heavy atom. The minimum atomic E-state index is -0.415. The lowest BCUT2D eigenvalue weighted by molar-refractivity contribution is -0.122. The van der Waals surface area contributed by atoms with Gasteiger partial charge < -0.3 is 20.3 Å². The summed E-state index contributed by atoms with van der Waals surface area (Å²) in [6.45, 7) is 6.81. The van der Waals surface area contributed by atoms with Gasteiger partial charge in [0.25, 0.3) is 11.8 Å². The number of aromatic amines is 1. The molecule has 1 aromatic heterocycles. The first-order valence-corrected chi connectivity index (χ1v) is 13.9. The smallest absolute Gasteiger partial charge is 0.274 e. The highest BCUT2D eigenvalue weighted by Gasteiger charge is 2.26. The molecule has 3 N–H and O–H groups in total. The zero-order valence-electron chi connectivity index (χ0n) is 23.1. The summed E-state index contributed by atoms with van der Waals surface area (Å²) in [5.74, 6) is -0.540. The molecule has 0 spiro atoms. The molecule has 1 aliphatic rings. The third kappa shape index (κ3) is 7.85. The number of nitrogens with zero attached hydrogens (tertiary/aromatic N) is 2. The number of amides is 3. The summed E-state index contributed by atoms with van der Waals surface area (Å²) in [6.07, 6.45) is 1.70. The van der Waals surface area contributed by atoms with Crippen molar-refractivity contribution in [2.75, 3.05) is 26.2 Å². The van der Waals surface area contributed by atoms with Gasteiger partial charge in [-0.15, -0.1) is 0 Å². The maximum absolute atomic E-state index is 13.4. The van der Waals surface area contributed by atoms with Crippen LogP contribution in [-0.4, -0.2) is 65.1 Å². The zero-order valence-corrected chi connectivity index (χ0v) is 23.9. The largest absolute Gasteiger partial charge is 0.491 e. The summed E-state index contributed by atoms with van der Waals surface area (Å²) in [6, 6.07) is 16.0. The number of benzene rings is 2. The Hall–Kier alpha value is -3.85. The Balaban J connectivity index is 1.58. The quantitative estimate of drug-likeness (QED) is 0.441. The van der Waals surface area contributed by atoms with Crippen molar-refractivity contribution < 1.29 is 19.1 Å². The van der Waals surface area contributed by atoms with Gasteiger partial charge >= 0.3 is 0 Å². The van der Waals surface area contributed by atoms with Crippen molar-refractivity contribution in [3.05, 3.63) is 82.1 Å². The van der Waals surface area contributed by atoms with Crippen LogP contribution in [0.4, 0.5) is 0 Å². The summed E-state index contributed by atoms with van der Waals surface area (Å²) < 4.78 is 6.07. The van der Waals surface area contributed by atoms with E-state index in [1.165, 1.54) is 4.90 Å². The number of aromatic nitrogens is 2. The molecule has 1 atom stereocenters. The van der Waals surface area contributed by atoms with Crippen LogP contribution in [0.5, 0.6) is 5.75 Å². The number of halogens is 1. The van der Waals surface area contributed by atoms with Gasteiger partial charge in [-0.3, -0.25) is 19.5 Å². The number of ether oxygens (including phenoxy) is 1. The summed E-state index contributed by atoms with van der Waals surface area (Å²) in [4.78, 5) is 41.2. The summed E-state index contributed by atoms with van der Waals surface area (Å²) >= 11 is 6.18. The lowest BCUT2D eigenvalue weighted by Gasteiger charge is -2.24. The van der Waals surface area contributed by atoms with Crippen LogP contribution in [0.2, 0.25) is 5.02 Å². The number of fused-ring (bicyclic) bond motifs is 1. The minimum absolute atomic E-state index is 0.116. The molecule has 4 rings (SSSR count). The average molecular weight is 566 g/mol. The SMILES string of the molecule is CC(C)(C)c1cc(C(=O)N2CCCCNC(=O)c3cc(Cl)ccc3OC[C@H](Cc3ccccc3)NC(=O)C2)n[nH]1. The zero-order chi connectivity index (χ0) is 28.7. The molecular formula is C30H36ClN5O4. The van der Waals surface area contributed by atoms with Crippen LogP contribution in [0, 0.1) is 0 Å². The lowest BCUT2D eigenvalue weighted by Crippen LogP contribution is -2.47. The van der Waals surface area contributed by atoms with Crippen LogP contribution >= 0.6 is 11.6 Å². The molecule has 2 heterocycles. The number of carbonyl (C=O) groups excluding carboxylic acids is 3. The molecule has 0 saturated heterocycles. The molecule has 3 aromatic rings. The van der Waals surface area contributed by atoms with Gasteiger partial charge in [0.2, 0.25) is 5.91 Å². The van der Waals surface area contributed by atoms with Gasteiger partial charge in [-0.1, -0.05) is 62.7 Å². The third-order valence-electron chi connectivity index (χ3n) is 6.68. The minimum Gasteiger partial charge on any atom is -0.491 e. The van der Waals surface area contributed by atoms with E-state index in [4.69, 9.17) is 16.3 Å². The summed E-state index contributed by atoms with van der Waals surface area (Å²) in [7, 11) is 0. The Morgan fingerprint density at radius 1 is 1.10 bits per heavy atom. The monoisotopic (exact) mass is 565 g/mol. The number of carbonyl (C=O) groups is 3. The first-order valence-electron chi connectivity index (χ1n) is 13.5. The van der Waals surface area contributed by atoms with E-state index in [1.54, 1.807) is 24.3 Å². The highest BCUT2D eigenvalue weighted by molar-refractivity contribution is 6.31. The average Bonchev–Trinajstić information content (AvgIpc) is 3.42. The molecule has 0 bridgehead atoms. The number of nitrogens with one attached hydrogen (secondary N) is 3. The molecule has 3 amide bonds. The first kappa shape index (κ1) is 29.1. The van der Waals surface area contributed by atoms with Crippen LogP contribution in [0.15, 0.2) is 54.6 Å². The van der Waals surface area contributed by atoms with Crippen LogP contribution < -0.4 is 15.4 Å². The van der Waals surface area contributed by atoms with Crippen LogP contribution in [-0.2, 0) is 16.6 Å². The molecule has 0 fully saturated rings. The van der Waals surface area contributed by atoms with E-state index < -0.39 is 6.04 Å². The van der Waals surface area contributed by atoms with Gasteiger partial charge in [0.1, 0.15) is 18.1 Å².